The Balaban J connectivity index is 1.42. The van der Waals surface area contributed by atoms with E-state index in [1.54, 1.807) is 36.4 Å². The number of carbonyl (C=O) groups is 2. The third-order valence-corrected chi connectivity index (χ3v) is 7.11. The van der Waals surface area contributed by atoms with Crippen LogP contribution in [0.5, 0.6) is 0 Å². The van der Waals surface area contributed by atoms with Crippen LogP contribution in [0.15, 0.2) is 47.1 Å². The van der Waals surface area contributed by atoms with Crippen molar-refractivity contribution in [3.05, 3.63) is 48.4 Å². The first-order valence-electron chi connectivity index (χ1n) is 9.61. The molecule has 0 aliphatic heterocycles. The second-order valence-electron chi connectivity index (χ2n) is 7.04. The lowest BCUT2D eigenvalue weighted by molar-refractivity contribution is -0.115. The Morgan fingerprint density at radius 1 is 1.00 bits per heavy atom. The van der Waals surface area contributed by atoms with Crippen LogP contribution < -0.4 is 16.0 Å². The van der Waals surface area contributed by atoms with E-state index in [1.165, 1.54) is 6.26 Å². The highest BCUT2D eigenvalue weighted by molar-refractivity contribution is 7.92. The van der Waals surface area contributed by atoms with Gasteiger partial charge in [0.25, 0.3) is 0 Å². The SMILES string of the molecule is O=C(CCS(=O)(=O)C1CCCC1)Nc1ccc(NC(=O)NCc2ccco2)cc1. The Hall–Kier alpha value is -2.81. The maximum Gasteiger partial charge on any atom is 0.319 e. The lowest BCUT2D eigenvalue weighted by Gasteiger charge is -2.11. The van der Waals surface area contributed by atoms with E-state index in [4.69, 9.17) is 4.42 Å². The summed E-state index contributed by atoms with van der Waals surface area (Å²) in [4.78, 5) is 23.9. The lowest BCUT2D eigenvalue weighted by atomic mass is 10.2. The third-order valence-electron chi connectivity index (χ3n) is 4.85. The summed E-state index contributed by atoms with van der Waals surface area (Å²) in [6.45, 7) is 0.275. The van der Waals surface area contributed by atoms with Crippen LogP contribution in [-0.4, -0.2) is 31.4 Å². The van der Waals surface area contributed by atoms with Crippen molar-refractivity contribution in [1.82, 2.24) is 5.32 Å². The number of sulfone groups is 1. The molecule has 0 bridgehead atoms. The van der Waals surface area contributed by atoms with Gasteiger partial charge in [0.15, 0.2) is 9.84 Å². The molecule has 0 unspecified atom stereocenters. The Bertz CT molecular complexity index is 918. The normalized spacial score (nSPS) is 14.5. The Kier molecular flexibility index (Phi) is 6.92. The van der Waals surface area contributed by atoms with Crippen LogP contribution in [-0.2, 0) is 21.2 Å². The van der Waals surface area contributed by atoms with Crippen molar-refractivity contribution in [3.8, 4) is 0 Å². The van der Waals surface area contributed by atoms with Crippen LogP contribution in [0.1, 0.15) is 37.9 Å². The number of benzene rings is 1. The molecule has 1 heterocycles. The molecule has 1 fully saturated rings. The molecule has 3 N–H and O–H groups in total. The van der Waals surface area contributed by atoms with Gasteiger partial charge in [-0.25, -0.2) is 13.2 Å². The lowest BCUT2D eigenvalue weighted by Crippen LogP contribution is -2.28. The molecular formula is C20H25N3O5S. The first kappa shape index (κ1) is 20.9. The van der Waals surface area contributed by atoms with Crippen molar-refractivity contribution in [1.29, 1.82) is 0 Å². The van der Waals surface area contributed by atoms with Crippen LogP contribution >= 0.6 is 0 Å². The summed E-state index contributed by atoms with van der Waals surface area (Å²) in [5, 5.41) is 7.73. The van der Waals surface area contributed by atoms with Crippen molar-refractivity contribution < 1.29 is 22.4 Å². The zero-order valence-corrected chi connectivity index (χ0v) is 16.8. The van der Waals surface area contributed by atoms with Gasteiger partial charge < -0.3 is 20.4 Å². The molecule has 8 nitrogen and oxygen atoms in total. The van der Waals surface area contributed by atoms with Gasteiger partial charge in [-0.05, 0) is 49.2 Å². The van der Waals surface area contributed by atoms with Gasteiger partial charge in [-0.15, -0.1) is 0 Å². The molecule has 0 saturated heterocycles. The van der Waals surface area contributed by atoms with E-state index >= 15 is 0 Å². The quantitative estimate of drug-likeness (QED) is 0.607. The maximum absolute atomic E-state index is 12.2. The van der Waals surface area contributed by atoms with E-state index in [0.29, 0.717) is 30.0 Å². The molecule has 156 valence electrons. The fourth-order valence-corrected chi connectivity index (χ4v) is 5.12. The first-order chi connectivity index (χ1) is 13.9. The second kappa shape index (κ2) is 9.60. The highest BCUT2D eigenvalue weighted by atomic mass is 32.2. The van der Waals surface area contributed by atoms with Crippen LogP contribution in [0.3, 0.4) is 0 Å². The fraction of sp³-hybridized carbons (Fsp3) is 0.400. The molecule has 1 aromatic carbocycles. The van der Waals surface area contributed by atoms with Crippen molar-refractivity contribution in [3.63, 3.8) is 0 Å². The van der Waals surface area contributed by atoms with Crippen molar-refractivity contribution in [2.45, 2.75) is 43.9 Å². The number of hydrogen-bond acceptors (Lipinski definition) is 5. The number of urea groups is 1. The summed E-state index contributed by atoms with van der Waals surface area (Å²) in [5.41, 5.74) is 1.10. The van der Waals surface area contributed by atoms with Gasteiger partial charge in [-0.2, -0.15) is 0 Å². The summed E-state index contributed by atoms with van der Waals surface area (Å²) in [6.07, 6.45) is 4.76. The molecule has 9 heteroatoms. The number of anilines is 2. The molecule has 0 radical (unpaired) electrons. The number of furan rings is 1. The van der Waals surface area contributed by atoms with Crippen molar-refractivity contribution in [2.24, 2.45) is 0 Å². The molecule has 29 heavy (non-hydrogen) atoms. The monoisotopic (exact) mass is 419 g/mol. The Labute approximate surface area is 170 Å². The predicted molar refractivity (Wildman–Crippen MR) is 110 cm³/mol. The minimum atomic E-state index is -3.21. The highest BCUT2D eigenvalue weighted by Crippen LogP contribution is 2.25. The standard InChI is InChI=1S/C20H25N3O5S/c24-19(11-13-29(26,27)18-5-1-2-6-18)22-15-7-9-16(10-8-15)23-20(25)21-14-17-4-3-12-28-17/h3-4,7-10,12,18H,1-2,5-6,11,13-14H2,(H,22,24)(H2,21,23,25). The van der Waals surface area contributed by atoms with E-state index in [9.17, 15) is 18.0 Å². The molecule has 2 aromatic rings. The predicted octanol–water partition coefficient (Wildman–Crippen LogP) is 3.29. The topological polar surface area (TPSA) is 118 Å². The molecule has 0 spiro atoms. The van der Waals surface area contributed by atoms with E-state index in [0.717, 1.165) is 12.8 Å². The number of hydrogen-bond donors (Lipinski definition) is 3. The van der Waals surface area contributed by atoms with Crippen LogP contribution in [0, 0.1) is 0 Å². The average Bonchev–Trinajstić information content (AvgIpc) is 3.41. The number of nitrogens with one attached hydrogen (secondary N) is 3. The van der Waals surface area contributed by atoms with Crippen molar-refractivity contribution >= 4 is 33.2 Å². The minimum absolute atomic E-state index is 0.0615. The van der Waals surface area contributed by atoms with Crippen molar-refractivity contribution in [2.75, 3.05) is 16.4 Å². The zero-order chi connectivity index (χ0) is 20.7. The molecule has 3 amide bonds. The van der Waals surface area contributed by atoms with Gasteiger partial charge in [0.2, 0.25) is 5.91 Å². The Morgan fingerprint density at radius 3 is 2.28 bits per heavy atom. The summed E-state index contributed by atoms with van der Waals surface area (Å²) in [5.74, 6) is 0.176. The summed E-state index contributed by atoms with van der Waals surface area (Å²) >= 11 is 0. The van der Waals surface area contributed by atoms with Gasteiger partial charge in [0.05, 0.1) is 23.8 Å². The van der Waals surface area contributed by atoms with E-state index < -0.39 is 9.84 Å². The second-order valence-corrected chi connectivity index (χ2v) is 9.44. The smallest absolute Gasteiger partial charge is 0.319 e. The summed E-state index contributed by atoms with van der Waals surface area (Å²) in [7, 11) is -3.21. The largest absolute Gasteiger partial charge is 0.467 e. The number of carbonyl (C=O) groups excluding carboxylic acids is 2. The number of amides is 3. The molecule has 0 atom stereocenters. The van der Waals surface area contributed by atoms with Crippen LogP contribution in [0.4, 0.5) is 16.2 Å². The average molecular weight is 420 g/mol. The van der Waals surface area contributed by atoms with Gasteiger partial charge in [0, 0.05) is 17.8 Å². The van der Waals surface area contributed by atoms with Crippen LogP contribution in [0.25, 0.3) is 0 Å². The Morgan fingerprint density at radius 2 is 1.66 bits per heavy atom. The number of rotatable bonds is 8. The molecule has 1 saturated carbocycles. The fourth-order valence-electron chi connectivity index (χ4n) is 3.27. The zero-order valence-electron chi connectivity index (χ0n) is 16.0. The maximum atomic E-state index is 12.2. The van der Waals surface area contributed by atoms with E-state index in [2.05, 4.69) is 16.0 Å². The molecule has 1 aliphatic rings. The van der Waals surface area contributed by atoms with Gasteiger partial charge in [-0.1, -0.05) is 12.8 Å². The highest BCUT2D eigenvalue weighted by Gasteiger charge is 2.28. The van der Waals surface area contributed by atoms with Gasteiger partial charge >= 0.3 is 6.03 Å². The molecule has 3 rings (SSSR count). The van der Waals surface area contributed by atoms with Crippen LogP contribution in [0.2, 0.25) is 0 Å². The van der Waals surface area contributed by atoms with Gasteiger partial charge in [0.1, 0.15) is 5.76 Å². The van der Waals surface area contributed by atoms with Gasteiger partial charge in [-0.3, -0.25) is 4.79 Å². The molecule has 1 aliphatic carbocycles. The van der Waals surface area contributed by atoms with E-state index in [1.807, 2.05) is 0 Å². The summed E-state index contributed by atoms with van der Waals surface area (Å²) in [6, 6.07) is 9.71. The summed E-state index contributed by atoms with van der Waals surface area (Å²) < 4.78 is 29.6. The molecule has 1 aromatic heterocycles. The first-order valence-corrected chi connectivity index (χ1v) is 11.3. The molecular weight excluding hydrogens is 394 g/mol. The third kappa shape index (κ3) is 6.35. The van der Waals surface area contributed by atoms with E-state index in [-0.39, 0.29) is 35.9 Å². The minimum Gasteiger partial charge on any atom is -0.467 e.